The molecule has 3 aromatic rings. The van der Waals surface area contributed by atoms with E-state index in [0.717, 1.165) is 16.3 Å². The molecule has 0 unspecified atom stereocenters. The number of anilines is 1. The van der Waals surface area contributed by atoms with Gasteiger partial charge in [0, 0.05) is 22.5 Å². The zero-order valence-corrected chi connectivity index (χ0v) is 19.7. The van der Waals surface area contributed by atoms with E-state index in [1.807, 2.05) is 24.3 Å². The Balaban J connectivity index is 2.24. The van der Waals surface area contributed by atoms with Crippen molar-refractivity contribution in [1.29, 1.82) is 0 Å². The fourth-order valence-corrected chi connectivity index (χ4v) is 4.11. The highest BCUT2D eigenvalue weighted by Crippen LogP contribution is 2.42. The molecule has 0 saturated carbocycles. The molecule has 0 aliphatic rings. The van der Waals surface area contributed by atoms with Gasteiger partial charge in [0.2, 0.25) is 0 Å². The Morgan fingerprint density at radius 3 is 2.19 bits per heavy atom. The number of halogens is 1. The monoisotopic (exact) mass is 485 g/mol. The largest absolute Gasteiger partial charge is 0.493 e. The minimum atomic E-state index is -0.259. The lowest BCUT2D eigenvalue weighted by Crippen LogP contribution is -2.27. The number of carbonyl (C=O) groups excluding carboxylic acids is 1. The molecule has 0 atom stereocenters. The highest BCUT2D eigenvalue weighted by Gasteiger charge is 2.26. The van der Waals surface area contributed by atoms with Gasteiger partial charge in [0.05, 0.1) is 39.7 Å². The Bertz CT molecular complexity index is 1160. The van der Waals surface area contributed by atoms with E-state index in [9.17, 15) is 4.79 Å². The summed E-state index contributed by atoms with van der Waals surface area (Å²) in [5, 5.41) is 1.71. The van der Waals surface area contributed by atoms with Crippen LogP contribution in [0.25, 0.3) is 16.8 Å². The van der Waals surface area contributed by atoms with Gasteiger partial charge >= 0.3 is 0 Å². The summed E-state index contributed by atoms with van der Waals surface area (Å²) in [6.07, 6.45) is 1.72. The summed E-state index contributed by atoms with van der Waals surface area (Å²) in [6, 6.07) is 11.1. The van der Waals surface area contributed by atoms with E-state index in [1.165, 1.54) is 14.2 Å². The van der Waals surface area contributed by atoms with E-state index in [4.69, 9.17) is 18.9 Å². The smallest absolute Gasteiger partial charge is 0.263 e. The zero-order chi connectivity index (χ0) is 22.7. The second-order valence-electron chi connectivity index (χ2n) is 6.62. The third-order valence-electron chi connectivity index (χ3n) is 5.12. The van der Waals surface area contributed by atoms with Crippen molar-refractivity contribution in [2.45, 2.75) is 0 Å². The molecule has 0 fully saturated rings. The summed E-state index contributed by atoms with van der Waals surface area (Å²) >= 11 is 3.47. The lowest BCUT2D eigenvalue weighted by atomic mass is 10.00. The molecule has 0 bridgehead atoms. The number of hydrogen-bond donors (Lipinski definition) is 0. The van der Waals surface area contributed by atoms with Crippen molar-refractivity contribution in [2.24, 2.45) is 0 Å². The average molecular weight is 486 g/mol. The molecule has 0 heterocycles. The van der Waals surface area contributed by atoms with E-state index in [0.29, 0.717) is 38.7 Å². The SMILES string of the molecule is C=Cc1c(OC)c(OC)cc2c(N(C)C(=O)c3c(Br)ccc(OC)c3OC)cccc12. The third-order valence-corrected chi connectivity index (χ3v) is 5.78. The highest BCUT2D eigenvalue weighted by molar-refractivity contribution is 9.10. The topological polar surface area (TPSA) is 57.2 Å². The van der Waals surface area contributed by atoms with Crippen molar-refractivity contribution in [3.63, 3.8) is 0 Å². The average Bonchev–Trinajstić information content (AvgIpc) is 2.80. The summed E-state index contributed by atoms with van der Waals surface area (Å²) in [5.74, 6) is 1.72. The van der Waals surface area contributed by atoms with Crippen LogP contribution >= 0.6 is 15.9 Å². The Morgan fingerprint density at radius 1 is 0.935 bits per heavy atom. The first-order valence-electron chi connectivity index (χ1n) is 9.42. The van der Waals surface area contributed by atoms with Gasteiger partial charge in [-0.2, -0.15) is 0 Å². The van der Waals surface area contributed by atoms with Gasteiger partial charge in [-0.3, -0.25) is 4.79 Å². The fraction of sp³-hybridized carbons (Fsp3) is 0.208. The first-order chi connectivity index (χ1) is 14.9. The Kier molecular flexibility index (Phi) is 6.75. The predicted octanol–water partition coefficient (Wildman–Crippen LogP) is 5.56. The number of ether oxygens (including phenoxy) is 4. The molecule has 0 aromatic heterocycles. The Hall–Kier alpha value is -3.19. The van der Waals surface area contributed by atoms with Crippen LogP contribution in [0.4, 0.5) is 5.69 Å². The normalized spacial score (nSPS) is 10.5. The second kappa shape index (κ2) is 9.31. The Labute approximate surface area is 190 Å². The molecule has 3 aromatic carbocycles. The van der Waals surface area contributed by atoms with Crippen molar-refractivity contribution in [3.8, 4) is 23.0 Å². The maximum absolute atomic E-state index is 13.6. The fourth-order valence-electron chi connectivity index (χ4n) is 3.63. The van der Waals surface area contributed by atoms with Crippen LogP contribution in [0.3, 0.4) is 0 Å². The van der Waals surface area contributed by atoms with Gasteiger partial charge in [-0.1, -0.05) is 24.8 Å². The summed E-state index contributed by atoms with van der Waals surface area (Å²) in [5.41, 5.74) is 1.86. The van der Waals surface area contributed by atoms with Crippen LogP contribution in [-0.2, 0) is 0 Å². The second-order valence-corrected chi connectivity index (χ2v) is 7.48. The van der Waals surface area contributed by atoms with Crippen LogP contribution in [-0.4, -0.2) is 41.4 Å². The van der Waals surface area contributed by atoms with Crippen molar-refractivity contribution in [3.05, 3.63) is 58.6 Å². The summed E-state index contributed by atoms with van der Waals surface area (Å²) in [6.45, 7) is 3.92. The van der Waals surface area contributed by atoms with Crippen LogP contribution < -0.4 is 23.8 Å². The quantitative estimate of drug-likeness (QED) is 0.438. The standard InChI is InChI=1S/C24H24BrNO5/c1-7-14-15-9-8-10-18(16(15)13-20(29-4)22(14)30-5)26(2)24(27)21-17(25)11-12-19(28-3)23(21)31-6/h7-13H,1H2,2-6H3. The third kappa shape index (κ3) is 3.81. The molecule has 0 saturated heterocycles. The van der Waals surface area contributed by atoms with Crippen molar-refractivity contribution in [1.82, 2.24) is 0 Å². The molecular formula is C24H24BrNO5. The van der Waals surface area contributed by atoms with Crippen LogP contribution in [0, 0.1) is 0 Å². The number of fused-ring (bicyclic) bond motifs is 1. The minimum Gasteiger partial charge on any atom is -0.493 e. The number of hydrogen-bond acceptors (Lipinski definition) is 5. The van der Waals surface area contributed by atoms with E-state index in [1.54, 1.807) is 44.4 Å². The van der Waals surface area contributed by atoms with Crippen LogP contribution in [0.1, 0.15) is 15.9 Å². The molecule has 31 heavy (non-hydrogen) atoms. The summed E-state index contributed by atoms with van der Waals surface area (Å²) in [4.78, 5) is 15.1. The molecule has 7 heteroatoms. The van der Waals surface area contributed by atoms with Crippen LogP contribution in [0.5, 0.6) is 23.0 Å². The number of amides is 1. The lowest BCUT2D eigenvalue weighted by molar-refractivity contribution is 0.0989. The van der Waals surface area contributed by atoms with Crippen molar-refractivity contribution in [2.75, 3.05) is 40.4 Å². The van der Waals surface area contributed by atoms with E-state index in [-0.39, 0.29) is 5.91 Å². The van der Waals surface area contributed by atoms with Gasteiger partial charge in [-0.05, 0) is 45.6 Å². The highest BCUT2D eigenvalue weighted by atomic mass is 79.9. The molecule has 3 rings (SSSR count). The lowest BCUT2D eigenvalue weighted by Gasteiger charge is -2.23. The number of nitrogens with zero attached hydrogens (tertiary/aromatic N) is 1. The van der Waals surface area contributed by atoms with Gasteiger partial charge in [-0.25, -0.2) is 0 Å². The van der Waals surface area contributed by atoms with E-state index < -0.39 is 0 Å². The summed E-state index contributed by atoms with van der Waals surface area (Å²) < 4.78 is 22.5. The van der Waals surface area contributed by atoms with Gasteiger partial charge < -0.3 is 23.8 Å². The molecule has 0 aliphatic heterocycles. The maximum atomic E-state index is 13.6. The maximum Gasteiger partial charge on any atom is 0.263 e. The summed E-state index contributed by atoms with van der Waals surface area (Å²) in [7, 11) is 7.92. The molecule has 1 amide bonds. The molecule has 162 valence electrons. The number of methoxy groups -OCH3 is 4. The van der Waals surface area contributed by atoms with Crippen LogP contribution in [0.15, 0.2) is 47.4 Å². The Morgan fingerprint density at radius 2 is 1.61 bits per heavy atom. The zero-order valence-electron chi connectivity index (χ0n) is 18.1. The van der Waals surface area contributed by atoms with E-state index >= 15 is 0 Å². The van der Waals surface area contributed by atoms with Crippen molar-refractivity contribution < 1.29 is 23.7 Å². The number of benzene rings is 3. The first kappa shape index (κ1) is 22.5. The molecule has 0 N–H and O–H groups in total. The minimum absolute atomic E-state index is 0.259. The molecule has 0 spiro atoms. The van der Waals surface area contributed by atoms with Gasteiger partial charge in [-0.15, -0.1) is 0 Å². The van der Waals surface area contributed by atoms with Gasteiger partial charge in [0.25, 0.3) is 5.91 Å². The van der Waals surface area contributed by atoms with Gasteiger partial charge in [0.1, 0.15) is 0 Å². The number of rotatable bonds is 7. The predicted molar refractivity (Wildman–Crippen MR) is 127 cm³/mol. The molecule has 6 nitrogen and oxygen atoms in total. The molecule has 0 aliphatic carbocycles. The first-order valence-corrected chi connectivity index (χ1v) is 10.2. The molecular weight excluding hydrogens is 462 g/mol. The molecule has 0 radical (unpaired) electrons. The van der Waals surface area contributed by atoms with Crippen LogP contribution in [0.2, 0.25) is 0 Å². The van der Waals surface area contributed by atoms with Crippen molar-refractivity contribution >= 4 is 44.4 Å². The van der Waals surface area contributed by atoms with E-state index in [2.05, 4.69) is 22.5 Å². The number of carbonyl (C=O) groups is 1. The van der Waals surface area contributed by atoms with Gasteiger partial charge in [0.15, 0.2) is 23.0 Å².